The first-order valence-electron chi connectivity index (χ1n) is 7.29. The number of aromatic nitrogens is 2. The number of hydrogen-bond acceptors (Lipinski definition) is 5. The highest BCUT2D eigenvalue weighted by Crippen LogP contribution is 2.21. The Labute approximate surface area is 142 Å². The molecule has 0 saturated heterocycles. The molecule has 0 bridgehead atoms. The number of thioether (sulfide) groups is 1. The molecular formula is C17H16N2O2S2. The molecule has 0 aliphatic rings. The largest absolute Gasteiger partial charge is 0.293 e. The topological polar surface area (TPSA) is 52.0 Å². The Hall–Kier alpha value is -1.92. The van der Waals surface area contributed by atoms with Gasteiger partial charge in [-0.05, 0) is 23.4 Å². The van der Waals surface area contributed by atoms with E-state index in [-0.39, 0.29) is 17.1 Å². The number of nitrogens with zero attached hydrogens (tertiary/aromatic N) is 2. The molecule has 6 heteroatoms. The monoisotopic (exact) mass is 344 g/mol. The zero-order valence-electron chi connectivity index (χ0n) is 12.9. The van der Waals surface area contributed by atoms with E-state index in [4.69, 9.17) is 0 Å². The van der Waals surface area contributed by atoms with Crippen LogP contribution >= 0.6 is 23.1 Å². The summed E-state index contributed by atoms with van der Waals surface area (Å²) in [5.74, 6) is 0.306. The van der Waals surface area contributed by atoms with Crippen molar-refractivity contribution in [1.29, 1.82) is 0 Å². The minimum atomic E-state index is -0.0708. The zero-order valence-corrected chi connectivity index (χ0v) is 14.5. The molecule has 23 heavy (non-hydrogen) atoms. The molecule has 0 radical (unpaired) electrons. The lowest BCUT2D eigenvalue weighted by Crippen LogP contribution is -2.19. The Morgan fingerprint density at radius 3 is 2.70 bits per heavy atom. The highest BCUT2D eigenvalue weighted by Gasteiger charge is 2.12. The van der Waals surface area contributed by atoms with Crippen LogP contribution in [0.3, 0.4) is 0 Å². The van der Waals surface area contributed by atoms with Gasteiger partial charge in [-0.25, -0.2) is 4.98 Å². The fourth-order valence-corrected chi connectivity index (χ4v) is 3.92. The van der Waals surface area contributed by atoms with Gasteiger partial charge >= 0.3 is 0 Å². The summed E-state index contributed by atoms with van der Waals surface area (Å²) in [5.41, 5.74) is 1.83. The van der Waals surface area contributed by atoms with Crippen molar-refractivity contribution in [3.8, 4) is 0 Å². The molecule has 2 aromatic heterocycles. The number of thiophene rings is 1. The van der Waals surface area contributed by atoms with Crippen molar-refractivity contribution in [2.24, 2.45) is 7.05 Å². The van der Waals surface area contributed by atoms with E-state index in [0.717, 1.165) is 11.3 Å². The quantitative estimate of drug-likeness (QED) is 0.404. The van der Waals surface area contributed by atoms with Crippen LogP contribution in [0, 0.1) is 0 Å². The smallest absolute Gasteiger partial charge is 0.262 e. The van der Waals surface area contributed by atoms with Crippen molar-refractivity contribution >= 4 is 39.1 Å². The number of carbonyl (C=O) groups excluding carboxylic acids is 1. The fraction of sp³-hybridized carbons (Fsp3) is 0.235. The molecule has 0 saturated carbocycles. The zero-order chi connectivity index (χ0) is 16.4. The number of fused-ring (bicyclic) bond motifs is 1. The molecule has 0 atom stereocenters. The van der Waals surface area contributed by atoms with Crippen LogP contribution in [-0.2, 0) is 13.5 Å². The Balaban J connectivity index is 1.78. The molecule has 0 aliphatic heterocycles. The van der Waals surface area contributed by atoms with Gasteiger partial charge in [0.15, 0.2) is 10.9 Å². The summed E-state index contributed by atoms with van der Waals surface area (Å²) >= 11 is 2.74. The standard InChI is InChI=1S/C17H16N2O2S2/c1-3-11-4-6-12(7-5-11)14(20)10-23-17-18-15-13(8-9-22-15)16(21)19(17)2/h4-9H,3,10H2,1-2H3. The third-order valence-electron chi connectivity index (χ3n) is 3.68. The predicted octanol–water partition coefficient (Wildman–Crippen LogP) is 3.53. The first-order chi connectivity index (χ1) is 11.1. The third-order valence-corrected chi connectivity index (χ3v) is 5.52. The molecule has 118 valence electrons. The number of benzene rings is 1. The summed E-state index contributed by atoms with van der Waals surface area (Å²) in [7, 11) is 1.69. The molecule has 0 aliphatic carbocycles. The second-order valence-corrected chi connectivity index (χ2v) is 7.00. The Bertz CT molecular complexity index is 910. The molecule has 0 amide bonds. The van der Waals surface area contributed by atoms with E-state index in [1.54, 1.807) is 13.1 Å². The Morgan fingerprint density at radius 1 is 1.26 bits per heavy atom. The Kier molecular flexibility index (Phi) is 4.63. The van der Waals surface area contributed by atoms with Crippen LogP contribution in [0.4, 0.5) is 0 Å². The Morgan fingerprint density at radius 2 is 2.00 bits per heavy atom. The van der Waals surface area contributed by atoms with Crippen LogP contribution in [0.25, 0.3) is 10.2 Å². The predicted molar refractivity (Wildman–Crippen MR) is 95.7 cm³/mol. The minimum absolute atomic E-state index is 0.0400. The molecule has 1 aromatic carbocycles. The van der Waals surface area contributed by atoms with E-state index < -0.39 is 0 Å². The lowest BCUT2D eigenvalue weighted by molar-refractivity contribution is 0.102. The first-order valence-corrected chi connectivity index (χ1v) is 9.16. The SMILES string of the molecule is CCc1ccc(C(=O)CSc2nc3sccc3c(=O)n2C)cc1. The van der Waals surface area contributed by atoms with Crippen molar-refractivity contribution < 1.29 is 4.79 Å². The molecule has 0 N–H and O–H groups in total. The van der Waals surface area contributed by atoms with Crippen LogP contribution in [0.2, 0.25) is 0 Å². The van der Waals surface area contributed by atoms with Gasteiger partial charge in [-0.3, -0.25) is 14.2 Å². The van der Waals surface area contributed by atoms with Crippen molar-refractivity contribution in [3.05, 3.63) is 57.2 Å². The summed E-state index contributed by atoms with van der Waals surface area (Å²) in [5, 5.41) is 3.06. The molecule has 0 unspecified atom stereocenters. The number of Topliss-reactive ketones (excluding diaryl/α,β-unsaturated/α-hetero) is 1. The summed E-state index contributed by atoms with van der Waals surface area (Å²) in [6.07, 6.45) is 0.954. The van der Waals surface area contributed by atoms with Crippen molar-refractivity contribution in [2.45, 2.75) is 18.5 Å². The average molecular weight is 344 g/mol. The summed E-state index contributed by atoms with van der Waals surface area (Å²) < 4.78 is 1.51. The number of ketones is 1. The van der Waals surface area contributed by atoms with Crippen LogP contribution in [-0.4, -0.2) is 21.1 Å². The van der Waals surface area contributed by atoms with Gasteiger partial charge in [0, 0.05) is 12.6 Å². The molecule has 3 aromatic rings. The maximum atomic E-state index is 12.3. The van der Waals surface area contributed by atoms with Gasteiger partial charge in [0.05, 0.1) is 11.1 Å². The second kappa shape index (κ2) is 6.68. The normalized spacial score (nSPS) is 11.0. The lowest BCUT2D eigenvalue weighted by atomic mass is 10.1. The van der Waals surface area contributed by atoms with E-state index in [1.165, 1.54) is 33.2 Å². The third kappa shape index (κ3) is 3.23. The van der Waals surface area contributed by atoms with Gasteiger partial charge < -0.3 is 0 Å². The second-order valence-electron chi connectivity index (χ2n) is 5.16. The number of hydrogen-bond donors (Lipinski definition) is 0. The molecule has 4 nitrogen and oxygen atoms in total. The van der Waals surface area contributed by atoms with E-state index in [9.17, 15) is 9.59 Å². The number of carbonyl (C=O) groups is 1. The van der Waals surface area contributed by atoms with E-state index in [1.807, 2.05) is 29.6 Å². The van der Waals surface area contributed by atoms with E-state index >= 15 is 0 Å². The maximum Gasteiger partial charge on any atom is 0.262 e. The highest BCUT2D eigenvalue weighted by atomic mass is 32.2. The average Bonchev–Trinajstić information content (AvgIpc) is 3.05. The first kappa shape index (κ1) is 16.0. The van der Waals surface area contributed by atoms with Gasteiger partial charge in [0.2, 0.25) is 0 Å². The van der Waals surface area contributed by atoms with Gasteiger partial charge in [-0.2, -0.15) is 0 Å². The minimum Gasteiger partial charge on any atom is -0.293 e. The molecule has 0 spiro atoms. The number of aryl methyl sites for hydroxylation is 1. The van der Waals surface area contributed by atoms with Crippen LogP contribution in [0.5, 0.6) is 0 Å². The number of rotatable bonds is 5. The van der Waals surface area contributed by atoms with E-state index in [2.05, 4.69) is 11.9 Å². The van der Waals surface area contributed by atoms with Crippen LogP contribution < -0.4 is 5.56 Å². The highest BCUT2D eigenvalue weighted by molar-refractivity contribution is 7.99. The van der Waals surface area contributed by atoms with Crippen molar-refractivity contribution in [1.82, 2.24) is 9.55 Å². The van der Waals surface area contributed by atoms with Gasteiger partial charge in [0.25, 0.3) is 5.56 Å². The van der Waals surface area contributed by atoms with Crippen molar-refractivity contribution in [2.75, 3.05) is 5.75 Å². The lowest BCUT2D eigenvalue weighted by Gasteiger charge is -2.07. The van der Waals surface area contributed by atoms with E-state index in [0.29, 0.717) is 16.1 Å². The van der Waals surface area contributed by atoms with Crippen LogP contribution in [0.15, 0.2) is 45.7 Å². The molecule has 2 heterocycles. The van der Waals surface area contributed by atoms with Crippen molar-refractivity contribution in [3.63, 3.8) is 0 Å². The van der Waals surface area contributed by atoms with Gasteiger partial charge in [-0.1, -0.05) is 43.0 Å². The molecular weight excluding hydrogens is 328 g/mol. The summed E-state index contributed by atoms with van der Waals surface area (Å²) in [6, 6.07) is 9.45. The van der Waals surface area contributed by atoms with Gasteiger partial charge in [0.1, 0.15) is 4.83 Å². The molecule has 0 fully saturated rings. The molecule has 3 rings (SSSR count). The fourth-order valence-electron chi connectivity index (χ4n) is 2.25. The summed E-state index contributed by atoms with van der Waals surface area (Å²) in [4.78, 5) is 29.7. The summed E-state index contributed by atoms with van der Waals surface area (Å²) in [6.45, 7) is 2.08. The van der Waals surface area contributed by atoms with Crippen LogP contribution in [0.1, 0.15) is 22.8 Å². The van der Waals surface area contributed by atoms with Gasteiger partial charge in [-0.15, -0.1) is 11.3 Å². The maximum absolute atomic E-state index is 12.3.